The van der Waals surface area contributed by atoms with Crippen molar-refractivity contribution in [3.05, 3.63) is 29.8 Å². The number of amides is 4. The molecule has 1 saturated heterocycles. The Morgan fingerprint density at radius 1 is 1.32 bits per heavy atom. The Bertz CT molecular complexity index is 716. The van der Waals surface area contributed by atoms with Gasteiger partial charge in [-0.25, -0.2) is 9.69 Å². The highest BCUT2D eigenvalue weighted by Gasteiger charge is 2.47. The third kappa shape index (κ3) is 3.18. The largest absolute Gasteiger partial charge is 0.369 e. The molecule has 0 spiro atoms. The molecule has 7 nitrogen and oxygen atoms in total. The quantitative estimate of drug-likeness (QED) is 0.777. The van der Waals surface area contributed by atoms with Gasteiger partial charge in [-0.15, -0.1) is 0 Å². The molecule has 1 unspecified atom stereocenters. The fourth-order valence-corrected chi connectivity index (χ4v) is 3.34. The van der Waals surface area contributed by atoms with E-state index in [4.69, 9.17) is 0 Å². The smallest absolute Gasteiger partial charge is 0.325 e. The van der Waals surface area contributed by atoms with Crippen molar-refractivity contribution in [2.24, 2.45) is 0 Å². The molecular weight excluding hydrogens is 320 g/mol. The maximum atomic E-state index is 12.3. The highest BCUT2D eigenvalue weighted by Crippen LogP contribution is 2.26. The molecule has 0 bridgehead atoms. The topological polar surface area (TPSA) is 81.8 Å². The highest BCUT2D eigenvalue weighted by atomic mass is 16.2. The average Bonchev–Trinajstić information content (AvgIpc) is 3.05. The van der Waals surface area contributed by atoms with Crippen molar-refractivity contribution in [3.8, 4) is 0 Å². The third-order valence-electron chi connectivity index (χ3n) is 4.82. The van der Waals surface area contributed by atoms with E-state index in [1.807, 2.05) is 12.1 Å². The molecule has 1 aromatic rings. The normalized spacial score (nSPS) is 19.6. The van der Waals surface area contributed by atoms with Gasteiger partial charge >= 0.3 is 6.03 Å². The van der Waals surface area contributed by atoms with Crippen LogP contribution in [0.2, 0.25) is 0 Å². The van der Waals surface area contributed by atoms with Crippen molar-refractivity contribution >= 4 is 23.5 Å². The molecule has 2 heterocycles. The Balaban J connectivity index is 1.53. The minimum atomic E-state index is -0.967. The Hall–Kier alpha value is -2.57. The van der Waals surface area contributed by atoms with Gasteiger partial charge in [-0.3, -0.25) is 9.59 Å². The van der Waals surface area contributed by atoms with Gasteiger partial charge in [0.05, 0.1) is 0 Å². The Morgan fingerprint density at radius 3 is 2.72 bits per heavy atom. The molecule has 134 valence electrons. The van der Waals surface area contributed by atoms with Crippen LogP contribution in [0.25, 0.3) is 0 Å². The molecule has 1 aromatic carbocycles. The Kier molecular flexibility index (Phi) is 4.41. The van der Waals surface area contributed by atoms with Gasteiger partial charge in [0.1, 0.15) is 11.6 Å². The van der Waals surface area contributed by atoms with Crippen LogP contribution >= 0.6 is 0 Å². The van der Waals surface area contributed by atoms with Crippen molar-refractivity contribution in [1.82, 2.24) is 15.5 Å². The number of urea groups is 1. The number of carbonyl (C=O) groups excluding carboxylic acids is 3. The number of nitrogens with one attached hydrogen (secondary N) is 2. The van der Waals surface area contributed by atoms with Crippen molar-refractivity contribution in [1.29, 1.82) is 0 Å². The van der Waals surface area contributed by atoms with Crippen LogP contribution in [-0.4, -0.2) is 54.0 Å². The van der Waals surface area contributed by atoms with E-state index >= 15 is 0 Å². The molecule has 7 heteroatoms. The molecule has 0 radical (unpaired) electrons. The lowest BCUT2D eigenvalue weighted by molar-refractivity contribution is -0.137. The second kappa shape index (κ2) is 6.38. The predicted molar refractivity (Wildman–Crippen MR) is 94.3 cm³/mol. The first-order valence-corrected chi connectivity index (χ1v) is 8.57. The van der Waals surface area contributed by atoms with E-state index in [0.717, 1.165) is 17.9 Å². The summed E-state index contributed by atoms with van der Waals surface area (Å²) in [5.74, 6) is -0.706. The molecule has 4 amide bonds. The average molecular weight is 344 g/mol. The summed E-state index contributed by atoms with van der Waals surface area (Å²) in [7, 11) is 0. The summed E-state index contributed by atoms with van der Waals surface area (Å²) in [5, 5.41) is 5.42. The number of carbonyl (C=O) groups is 3. The summed E-state index contributed by atoms with van der Waals surface area (Å²) < 4.78 is 0. The zero-order chi connectivity index (χ0) is 18.2. The van der Waals surface area contributed by atoms with E-state index < -0.39 is 17.6 Å². The van der Waals surface area contributed by atoms with E-state index in [1.54, 1.807) is 20.8 Å². The molecule has 2 N–H and O–H groups in total. The van der Waals surface area contributed by atoms with Crippen molar-refractivity contribution in [2.75, 3.05) is 24.5 Å². The minimum absolute atomic E-state index is 0.325. The maximum Gasteiger partial charge on any atom is 0.325 e. The van der Waals surface area contributed by atoms with Gasteiger partial charge in [-0.05, 0) is 38.8 Å². The summed E-state index contributed by atoms with van der Waals surface area (Å²) in [6.45, 7) is 6.92. The monoisotopic (exact) mass is 344 g/mol. The van der Waals surface area contributed by atoms with Crippen molar-refractivity contribution in [2.45, 2.75) is 38.8 Å². The van der Waals surface area contributed by atoms with Crippen LogP contribution in [0.3, 0.4) is 0 Å². The van der Waals surface area contributed by atoms with E-state index in [1.165, 1.54) is 11.3 Å². The fraction of sp³-hybridized carbons (Fsp3) is 0.500. The van der Waals surface area contributed by atoms with Crippen LogP contribution in [0.4, 0.5) is 10.5 Å². The van der Waals surface area contributed by atoms with Gasteiger partial charge in [0.2, 0.25) is 5.91 Å². The van der Waals surface area contributed by atoms with E-state index in [0.29, 0.717) is 13.1 Å². The zero-order valence-corrected chi connectivity index (χ0v) is 14.8. The van der Waals surface area contributed by atoms with Gasteiger partial charge in [0.25, 0.3) is 5.91 Å². The number of fused-ring (bicyclic) bond motifs is 1. The molecule has 0 aromatic heterocycles. The van der Waals surface area contributed by atoms with Gasteiger partial charge in [-0.2, -0.15) is 0 Å². The molecule has 2 aliphatic heterocycles. The second-order valence-corrected chi connectivity index (χ2v) is 7.06. The Labute approximate surface area is 147 Å². The summed E-state index contributed by atoms with van der Waals surface area (Å²) >= 11 is 0. The van der Waals surface area contributed by atoms with E-state index in [9.17, 15) is 14.4 Å². The van der Waals surface area contributed by atoms with Gasteiger partial charge in [0.15, 0.2) is 0 Å². The molecular formula is C18H24N4O3. The number of rotatable bonds is 5. The lowest BCUT2D eigenvalue weighted by atomic mass is 10.1. The molecule has 3 rings (SSSR count). The number of para-hydroxylation sites is 1. The first-order chi connectivity index (χ1) is 11.8. The Morgan fingerprint density at radius 2 is 2.04 bits per heavy atom. The van der Waals surface area contributed by atoms with Crippen molar-refractivity contribution in [3.63, 3.8) is 0 Å². The molecule has 0 aliphatic carbocycles. The van der Waals surface area contributed by atoms with Crippen molar-refractivity contribution < 1.29 is 14.4 Å². The number of nitrogens with zero attached hydrogens (tertiary/aromatic N) is 2. The van der Waals surface area contributed by atoms with E-state index in [2.05, 4.69) is 27.7 Å². The lowest BCUT2D eigenvalue weighted by Crippen LogP contribution is -2.50. The zero-order valence-electron chi connectivity index (χ0n) is 14.8. The number of hydrogen-bond acceptors (Lipinski definition) is 4. The number of anilines is 1. The fourth-order valence-electron chi connectivity index (χ4n) is 3.34. The van der Waals surface area contributed by atoms with Crippen LogP contribution in [0, 0.1) is 0 Å². The van der Waals surface area contributed by atoms with E-state index in [-0.39, 0.29) is 11.8 Å². The summed E-state index contributed by atoms with van der Waals surface area (Å²) in [4.78, 5) is 39.8. The molecule has 2 aliphatic rings. The van der Waals surface area contributed by atoms with Crippen LogP contribution < -0.4 is 15.5 Å². The summed E-state index contributed by atoms with van der Waals surface area (Å²) in [6.07, 6.45) is 1.01. The first kappa shape index (κ1) is 17.3. The molecule has 1 atom stereocenters. The molecule has 25 heavy (non-hydrogen) atoms. The number of hydrogen-bond donors (Lipinski definition) is 2. The van der Waals surface area contributed by atoms with Crippen LogP contribution in [0.5, 0.6) is 0 Å². The van der Waals surface area contributed by atoms with Crippen LogP contribution in [0.15, 0.2) is 24.3 Å². The highest BCUT2D eigenvalue weighted by molar-refractivity contribution is 6.09. The van der Waals surface area contributed by atoms with Gasteiger partial charge in [0, 0.05) is 25.3 Å². The van der Waals surface area contributed by atoms with Gasteiger partial charge in [-0.1, -0.05) is 18.2 Å². The van der Waals surface area contributed by atoms with Gasteiger partial charge < -0.3 is 15.5 Å². The summed E-state index contributed by atoms with van der Waals surface area (Å²) in [6, 6.07) is 6.89. The van der Waals surface area contributed by atoms with Crippen LogP contribution in [0.1, 0.15) is 26.3 Å². The SMILES string of the molecule is CC(C(=O)NCCN1CCc2ccccc21)N1C(=O)NC(C)(C)C1=O. The summed E-state index contributed by atoms with van der Waals surface area (Å²) in [5.41, 5.74) is 1.56. The standard InChI is InChI=1S/C18H24N4O3/c1-12(22-16(24)18(2,3)20-17(22)25)15(23)19-9-11-21-10-8-13-6-4-5-7-14(13)21/h4-7,12H,8-11H2,1-3H3,(H,19,23)(H,20,25). The number of benzene rings is 1. The second-order valence-electron chi connectivity index (χ2n) is 7.06. The number of imide groups is 1. The molecule has 0 saturated carbocycles. The third-order valence-corrected chi connectivity index (χ3v) is 4.82. The molecule has 1 fully saturated rings. The first-order valence-electron chi connectivity index (χ1n) is 8.57. The maximum absolute atomic E-state index is 12.3. The predicted octanol–water partition coefficient (Wildman–Crippen LogP) is 0.884. The lowest BCUT2D eigenvalue weighted by Gasteiger charge is -2.23. The van der Waals surface area contributed by atoms with Crippen LogP contribution in [-0.2, 0) is 16.0 Å². The minimum Gasteiger partial charge on any atom is -0.369 e.